The minimum absolute atomic E-state index is 0.0919. The van der Waals surface area contributed by atoms with Crippen LogP contribution in [0.25, 0.3) is 0 Å². The number of hydrogen-bond donors (Lipinski definition) is 1. The summed E-state index contributed by atoms with van der Waals surface area (Å²) < 4.78 is 18.5. The van der Waals surface area contributed by atoms with Gasteiger partial charge in [0.05, 0.1) is 30.4 Å². The summed E-state index contributed by atoms with van der Waals surface area (Å²) in [5.41, 5.74) is 1.90. The number of carbonyl (C=O) groups excluding carboxylic acids is 1. The molecule has 2 saturated heterocycles. The number of ether oxygens (including phenoxy) is 3. The van der Waals surface area contributed by atoms with Crippen LogP contribution >= 0.6 is 0 Å². The first-order valence-corrected chi connectivity index (χ1v) is 14.2. The molecule has 0 bridgehead atoms. The van der Waals surface area contributed by atoms with Gasteiger partial charge in [0.15, 0.2) is 6.29 Å². The van der Waals surface area contributed by atoms with Gasteiger partial charge in [0.1, 0.15) is 6.23 Å². The van der Waals surface area contributed by atoms with E-state index in [1.165, 1.54) is 0 Å². The van der Waals surface area contributed by atoms with E-state index >= 15 is 0 Å². The molecule has 7 atom stereocenters. The van der Waals surface area contributed by atoms with Crippen molar-refractivity contribution in [1.82, 2.24) is 9.80 Å². The van der Waals surface area contributed by atoms with Crippen molar-refractivity contribution in [3.8, 4) is 0 Å². The number of nitrogens with zero attached hydrogens (tertiary/aromatic N) is 3. The molecule has 37 heavy (non-hydrogen) atoms. The third-order valence-corrected chi connectivity index (χ3v) is 7.79. The molecule has 214 valence electrons. The van der Waals surface area contributed by atoms with Gasteiger partial charge in [-0.15, -0.1) is 0 Å². The third-order valence-electron chi connectivity index (χ3n) is 7.79. The molecule has 0 aromatic carbocycles. The predicted molar refractivity (Wildman–Crippen MR) is 148 cm³/mol. The van der Waals surface area contributed by atoms with Crippen LogP contribution in [-0.4, -0.2) is 84.6 Å². The summed E-state index contributed by atoms with van der Waals surface area (Å²) in [6, 6.07) is 0.227. The molecule has 8 nitrogen and oxygen atoms in total. The average molecular weight is 524 g/mol. The van der Waals surface area contributed by atoms with Crippen molar-refractivity contribution in [3.63, 3.8) is 0 Å². The van der Waals surface area contributed by atoms with Crippen molar-refractivity contribution in [2.75, 3.05) is 27.2 Å². The molecule has 8 heteroatoms. The van der Waals surface area contributed by atoms with Gasteiger partial charge in [0.25, 0.3) is 0 Å². The predicted octanol–water partition coefficient (Wildman–Crippen LogP) is 5.30. The van der Waals surface area contributed by atoms with Crippen LogP contribution in [0.3, 0.4) is 0 Å². The molecule has 0 radical (unpaired) electrons. The molecule has 2 aliphatic heterocycles. The molecular formula is C29H53N3O5. The van der Waals surface area contributed by atoms with E-state index in [0.29, 0.717) is 38.0 Å². The first-order chi connectivity index (χ1) is 17.4. The topological polar surface area (TPSA) is 83.8 Å². The van der Waals surface area contributed by atoms with Crippen LogP contribution in [-0.2, 0) is 19.0 Å². The zero-order valence-corrected chi connectivity index (χ0v) is 24.6. The SMILES string of the molecule is C=C1CCCC(C)/C(=N/O)[C@H](C)N([C@@H](CCC(C)C(=O)OCC(C)C)OC2CC(N(C)C)CC(C)O2)C1. The second-order valence-electron chi connectivity index (χ2n) is 12.0. The van der Waals surface area contributed by atoms with Gasteiger partial charge in [0.2, 0.25) is 0 Å². The van der Waals surface area contributed by atoms with E-state index in [1.807, 2.05) is 20.8 Å². The summed E-state index contributed by atoms with van der Waals surface area (Å²) in [6.07, 6.45) is 5.29. The van der Waals surface area contributed by atoms with Crippen molar-refractivity contribution in [3.05, 3.63) is 12.2 Å². The average Bonchev–Trinajstić information content (AvgIpc) is 2.87. The first kappa shape index (κ1) is 31.7. The van der Waals surface area contributed by atoms with Crippen LogP contribution in [0.5, 0.6) is 0 Å². The Morgan fingerprint density at radius 3 is 2.54 bits per heavy atom. The Kier molecular flexibility index (Phi) is 13.0. The molecule has 0 saturated carbocycles. The van der Waals surface area contributed by atoms with Gasteiger partial charge >= 0.3 is 5.97 Å². The van der Waals surface area contributed by atoms with Crippen molar-refractivity contribution >= 4 is 11.7 Å². The number of hydrogen-bond acceptors (Lipinski definition) is 8. The number of oxime groups is 1. The lowest BCUT2D eigenvalue weighted by Crippen LogP contribution is -2.52. The maximum absolute atomic E-state index is 12.6. The van der Waals surface area contributed by atoms with E-state index in [4.69, 9.17) is 14.2 Å². The number of rotatable bonds is 10. The summed E-state index contributed by atoms with van der Waals surface area (Å²) in [4.78, 5) is 17.1. The van der Waals surface area contributed by atoms with Gasteiger partial charge in [-0.05, 0) is 78.3 Å². The normalized spacial score (nSPS) is 31.1. The highest BCUT2D eigenvalue weighted by atomic mass is 16.7. The molecule has 0 aliphatic carbocycles. The number of carbonyl (C=O) groups is 1. The van der Waals surface area contributed by atoms with Crippen LogP contribution in [0.2, 0.25) is 0 Å². The lowest BCUT2D eigenvalue weighted by atomic mass is 9.94. The zero-order valence-electron chi connectivity index (χ0n) is 24.6. The summed E-state index contributed by atoms with van der Waals surface area (Å²) in [5.74, 6) is 0.0442. The Hall–Kier alpha value is -1.48. The standard InChI is InChI=1S/C29H53N3O5/c1-19(2)18-35-29(33)22(5)13-14-26(37-27-16-25(31(8)9)15-23(6)36-27)32-17-20(3)11-10-12-21(4)28(30-34)24(32)7/h19,21-27,34H,3,10-18H2,1-2,4-9H3/b30-28-/t21?,22?,23?,24-,25?,26+,27?/m0/s1. The fourth-order valence-electron chi connectivity index (χ4n) is 5.37. The first-order valence-electron chi connectivity index (χ1n) is 14.2. The van der Waals surface area contributed by atoms with Crippen LogP contribution in [0.4, 0.5) is 0 Å². The van der Waals surface area contributed by atoms with Crippen molar-refractivity contribution in [1.29, 1.82) is 0 Å². The molecule has 5 unspecified atom stereocenters. The molecule has 1 N–H and O–H groups in total. The van der Waals surface area contributed by atoms with Gasteiger partial charge in [-0.1, -0.05) is 45.0 Å². The van der Waals surface area contributed by atoms with Crippen molar-refractivity contribution in [2.45, 2.75) is 117 Å². The minimum atomic E-state index is -0.357. The lowest BCUT2D eigenvalue weighted by molar-refractivity contribution is -0.249. The van der Waals surface area contributed by atoms with Crippen LogP contribution in [0.15, 0.2) is 17.3 Å². The Balaban J connectivity index is 2.29. The van der Waals surface area contributed by atoms with Crippen LogP contribution in [0.1, 0.15) is 86.5 Å². The van der Waals surface area contributed by atoms with E-state index in [0.717, 1.165) is 43.4 Å². The highest BCUT2D eigenvalue weighted by Gasteiger charge is 2.36. The van der Waals surface area contributed by atoms with Crippen molar-refractivity contribution < 1.29 is 24.2 Å². The Labute approximate surface area is 225 Å². The second kappa shape index (κ2) is 15.2. The zero-order chi connectivity index (χ0) is 27.7. The van der Waals surface area contributed by atoms with Crippen LogP contribution < -0.4 is 0 Å². The largest absolute Gasteiger partial charge is 0.465 e. The molecule has 0 amide bonds. The van der Waals surface area contributed by atoms with Gasteiger partial charge in [-0.2, -0.15) is 0 Å². The molecule has 2 rings (SSSR count). The monoisotopic (exact) mass is 523 g/mol. The summed E-state index contributed by atoms with van der Waals surface area (Å²) in [5, 5.41) is 13.7. The molecule has 2 fully saturated rings. The summed E-state index contributed by atoms with van der Waals surface area (Å²) >= 11 is 0. The van der Waals surface area contributed by atoms with Gasteiger partial charge in [-0.25, -0.2) is 0 Å². The Morgan fingerprint density at radius 1 is 1.22 bits per heavy atom. The molecule has 2 heterocycles. The fraction of sp³-hybridized carbons (Fsp3) is 0.862. The van der Waals surface area contributed by atoms with Gasteiger partial charge in [0, 0.05) is 19.0 Å². The smallest absolute Gasteiger partial charge is 0.308 e. The second-order valence-corrected chi connectivity index (χ2v) is 12.0. The summed E-state index contributed by atoms with van der Waals surface area (Å²) in [6.45, 7) is 17.7. The maximum atomic E-state index is 12.6. The summed E-state index contributed by atoms with van der Waals surface area (Å²) in [7, 11) is 4.20. The van der Waals surface area contributed by atoms with E-state index in [9.17, 15) is 10.0 Å². The lowest BCUT2D eigenvalue weighted by Gasteiger charge is -2.42. The van der Waals surface area contributed by atoms with Crippen molar-refractivity contribution in [2.24, 2.45) is 22.9 Å². The molecule has 0 spiro atoms. The molecular weight excluding hydrogens is 470 g/mol. The number of esters is 1. The Morgan fingerprint density at radius 2 is 1.92 bits per heavy atom. The van der Waals surface area contributed by atoms with Crippen LogP contribution in [0, 0.1) is 17.8 Å². The highest BCUT2D eigenvalue weighted by molar-refractivity contribution is 5.90. The highest BCUT2D eigenvalue weighted by Crippen LogP contribution is 2.30. The van der Waals surface area contributed by atoms with Gasteiger partial charge < -0.3 is 24.3 Å². The van der Waals surface area contributed by atoms with Gasteiger partial charge in [-0.3, -0.25) is 9.69 Å². The van der Waals surface area contributed by atoms with E-state index in [1.54, 1.807) is 0 Å². The maximum Gasteiger partial charge on any atom is 0.308 e. The Bertz CT molecular complexity index is 756. The van der Waals surface area contributed by atoms with E-state index in [2.05, 4.69) is 56.4 Å². The molecule has 2 aliphatic rings. The quantitative estimate of drug-likeness (QED) is 0.180. The molecule has 0 aromatic heterocycles. The fourth-order valence-corrected chi connectivity index (χ4v) is 5.37. The molecule has 0 aromatic rings. The van der Waals surface area contributed by atoms with E-state index < -0.39 is 0 Å². The minimum Gasteiger partial charge on any atom is -0.465 e. The van der Waals surface area contributed by atoms with E-state index in [-0.39, 0.29) is 42.5 Å². The third kappa shape index (κ3) is 9.97.